The summed E-state index contributed by atoms with van der Waals surface area (Å²) in [6.45, 7) is 0. The van der Waals surface area contributed by atoms with Gasteiger partial charge in [0.2, 0.25) is 0 Å². The molecule has 13 heteroatoms. The van der Waals surface area contributed by atoms with Gasteiger partial charge >= 0.3 is 17.1 Å². The number of aromatic nitrogens is 3. The Balaban J connectivity index is 1.35. The van der Waals surface area contributed by atoms with Crippen LogP contribution in [-0.4, -0.2) is 29.5 Å². The van der Waals surface area contributed by atoms with Crippen molar-refractivity contribution in [2.24, 2.45) is 16.9 Å². The predicted molar refractivity (Wildman–Crippen MR) is 124 cm³/mol. The minimum Gasteiger partial charge on any atom is -0.272 e. The molecule has 0 unspecified atom stereocenters. The summed E-state index contributed by atoms with van der Waals surface area (Å²) in [5.41, 5.74) is 2.20. The van der Waals surface area contributed by atoms with Crippen molar-refractivity contribution in [2.75, 3.05) is 5.43 Å². The van der Waals surface area contributed by atoms with E-state index in [-0.39, 0.29) is 23.6 Å². The van der Waals surface area contributed by atoms with E-state index >= 15 is 0 Å². The Kier molecular flexibility index (Phi) is 4.36. The van der Waals surface area contributed by atoms with Crippen molar-refractivity contribution in [3.63, 3.8) is 0 Å². The van der Waals surface area contributed by atoms with Crippen molar-refractivity contribution in [1.82, 2.24) is 13.9 Å². The number of hydrazone groups is 1. The minimum atomic E-state index is -0.713. The van der Waals surface area contributed by atoms with Crippen molar-refractivity contribution in [3.8, 4) is 5.69 Å². The average Bonchev–Trinajstić information content (AvgIpc) is 3.11. The fourth-order valence-electron chi connectivity index (χ4n) is 5.30. The molecule has 0 amide bonds. The Hall–Kier alpha value is -4.81. The highest BCUT2D eigenvalue weighted by Gasteiger charge is 2.55. The number of nitro groups is 2. The second-order valence-electron chi connectivity index (χ2n) is 8.62. The first kappa shape index (κ1) is 20.8. The summed E-state index contributed by atoms with van der Waals surface area (Å²) in [5, 5.41) is 26.7. The van der Waals surface area contributed by atoms with Gasteiger partial charge in [-0.25, -0.2) is 23.5 Å². The van der Waals surface area contributed by atoms with Crippen LogP contribution in [0.1, 0.15) is 18.5 Å². The first-order chi connectivity index (χ1) is 16.9. The van der Waals surface area contributed by atoms with Crippen LogP contribution >= 0.6 is 0 Å². The third kappa shape index (κ3) is 2.90. The Labute approximate surface area is 195 Å². The van der Waals surface area contributed by atoms with Crippen molar-refractivity contribution in [3.05, 3.63) is 102 Å². The van der Waals surface area contributed by atoms with E-state index in [1.807, 2.05) is 12.2 Å². The molecular formula is C22H17N7O6. The summed E-state index contributed by atoms with van der Waals surface area (Å²) >= 11 is 0. The van der Waals surface area contributed by atoms with Crippen LogP contribution in [0.25, 0.3) is 5.69 Å². The fourth-order valence-corrected chi connectivity index (χ4v) is 5.30. The molecule has 35 heavy (non-hydrogen) atoms. The van der Waals surface area contributed by atoms with Gasteiger partial charge in [-0.3, -0.25) is 25.7 Å². The van der Waals surface area contributed by atoms with Crippen molar-refractivity contribution in [1.29, 1.82) is 0 Å². The molecule has 2 aromatic carbocycles. The van der Waals surface area contributed by atoms with E-state index in [9.17, 15) is 29.8 Å². The number of non-ortho nitro benzene ring substituents is 1. The van der Waals surface area contributed by atoms with Crippen LogP contribution < -0.4 is 16.8 Å². The number of benzene rings is 2. The van der Waals surface area contributed by atoms with E-state index in [1.165, 1.54) is 15.4 Å². The molecule has 1 saturated carbocycles. The summed E-state index contributed by atoms with van der Waals surface area (Å²) in [4.78, 5) is 47.4. The molecule has 1 N–H and O–H groups in total. The number of nitrogens with one attached hydrogen (secondary N) is 1. The highest BCUT2D eigenvalue weighted by molar-refractivity contribution is 5.94. The Bertz CT molecular complexity index is 1580. The lowest BCUT2D eigenvalue weighted by Gasteiger charge is -2.52. The third-order valence-electron chi connectivity index (χ3n) is 6.90. The molecule has 1 aromatic heterocycles. The molecular weight excluding hydrogens is 458 g/mol. The Morgan fingerprint density at radius 3 is 2.29 bits per heavy atom. The average molecular weight is 475 g/mol. The normalized spacial score (nSPS) is 24.5. The van der Waals surface area contributed by atoms with Crippen molar-refractivity contribution in [2.45, 2.75) is 18.5 Å². The summed E-state index contributed by atoms with van der Waals surface area (Å²) < 4.78 is 4.13. The molecule has 176 valence electrons. The largest absolute Gasteiger partial charge is 0.352 e. The van der Waals surface area contributed by atoms with E-state index in [0.29, 0.717) is 17.8 Å². The first-order valence-electron chi connectivity index (χ1n) is 10.8. The summed E-state index contributed by atoms with van der Waals surface area (Å²) in [5.74, 6) is -0.0977. The second-order valence-corrected chi connectivity index (χ2v) is 8.62. The first-order valence-corrected chi connectivity index (χ1v) is 10.8. The molecule has 3 heterocycles. The maximum atomic E-state index is 13.3. The zero-order valence-electron chi connectivity index (χ0n) is 17.9. The van der Waals surface area contributed by atoms with Gasteiger partial charge in [0.15, 0.2) is 0 Å². The monoisotopic (exact) mass is 475 g/mol. The Morgan fingerprint density at radius 2 is 1.60 bits per heavy atom. The van der Waals surface area contributed by atoms with Crippen molar-refractivity contribution >= 4 is 22.8 Å². The Morgan fingerprint density at radius 1 is 0.914 bits per heavy atom. The highest BCUT2D eigenvalue weighted by Crippen LogP contribution is 2.52. The smallest absolute Gasteiger partial charge is 0.272 e. The van der Waals surface area contributed by atoms with Gasteiger partial charge in [0.05, 0.1) is 33.7 Å². The number of hydrogen-bond acceptors (Lipinski definition) is 8. The molecule has 4 atom stereocenters. The van der Waals surface area contributed by atoms with Crippen LogP contribution in [0.3, 0.4) is 0 Å². The van der Waals surface area contributed by atoms with Gasteiger partial charge in [0, 0.05) is 23.6 Å². The molecule has 4 aliphatic rings. The van der Waals surface area contributed by atoms with E-state index < -0.39 is 38.6 Å². The zero-order valence-corrected chi connectivity index (χ0v) is 17.9. The summed E-state index contributed by atoms with van der Waals surface area (Å²) in [6, 6.07) is 11.3. The molecule has 1 fully saturated rings. The molecule has 7 rings (SSSR count). The lowest BCUT2D eigenvalue weighted by atomic mass is 9.61. The molecule has 0 spiro atoms. The van der Waals surface area contributed by atoms with E-state index in [1.54, 1.807) is 30.3 Å². The molecule has 3 aromatic rings. The number of nitrogens with zero attached hydrogens (tertiary/aromatic N) is 6. The van der Waals surface area contributed by atoms with Crippen LogP contribution in [0.2, 0.25) is 0 Å². The van der Waals surface area contributed by atoms with Crippen LogP contribution in [0.15, 0.2) is 75.4 Å². The fraction of sp³-hybridized carbons (Fsp3) is 0.227. The van der Waals surface area contributed by atoms with Gasteiger partial charge in [-0.15, -0.1) is 0 Å². The van der Waals surface area contributed by atoms with E-state index in [0.717, 1.165) is 16.7 Å². The third-order valence-corrected chi connectivity index (χ3v) is 6.90. The topological polar surface area (TPSA) is 160 Å². The van der Waals surface area contributed by atoms with Crippen LogP contribution in [0, 0.1) is 32.1 Å². The number of allylic oxidation sites excluding steroid dienone is 2. The number of rotatable bonds is 5. The van der Waals surface area contributed by atoms with Gasteiger partial charge in [-0.2, -0.15) is 5.10 Å². The van der Waals surface area contributed by atoms with E-state index in [2.05, 4.69) is 10.5 Å². The lowest BCUT2D eigenvalue weighted by Crippen LogP contribution is -2.57. The standard InChI is InChI=1S/C22H17N7O6/c30-21-25(12-4-2-1-3-5-12)22(31)27-18-9-8-17(26(21)27)14-11-16(20(14)18)24-23-15-7-6-13(28(32)33)10-19(15)29(34)35/h1-10,14,17-18,20,23H,11H2/t14-,17-,18-,20-/m0/s1. The van der Waals surface area contributed by atoms with Gasteiger partial charge in [-0.05, 0) is 24.6 Å². The zero-order chi connectivity index (χ0) is 24.4. The molecule has 13 nitrogen and oxygen atoms in total. The van der Waals surface area contributed by atoms with Gasteiger partial charge in [0.1, 0.15) is 5.69 Å². The van der Waals surface area contributed by atoms with Crippen LogP contribution in [0.5, 0.6) is 0 Å². The second kappa shape index (κ2) is 7.35. The molecule has 2 bridgehead atoms. The number of nitro benzene ring substituents is 2. The SMILES string of the molecule is O=c1n(-c2ccccc2)c(=O)n2n1[C@H]1C=C[C@H]2[C@@H]2C(=NNc3ccc([N+](=O)[O-])cc3[N+](=O)[O-])C[C@H]21. The van der Waals surface area contributed by atoms with Gasteiger partial charge < -0.3 is 0 Å². The van der Waals surface area contributed by atoms with Crippen molar-refractivity contribution < 1.29 is 9.85 Å². The number of hydrogen-bond donors (Lipinski definition) is 1. The quantitative estimate of drug-likeness (QED) is 0.337. The number of para-hydroxylation sites is 1. The molecule has 0 saturated heterocycles. The van der Waals surface area contributed by atoms with Gasteiger partial charge in [-0.1, -0.05) is 30.4 Å². The van der Waals surface area contributed by atoms with Crippen LogP contribution in [0.4, 0.5) is 17.1 Å². The minimum absolute atomic E-state index is 0.0253. The lowest BCUT2D eigenvalue weighted by molar-refractivity contribution is -0.393. The maximum Gasteiger partial charge on any atom is 0.352 e. The number of anilines is 1. The highest BCUT2D eigenvalue weighted by atomic mass is 16.6. The summed E-state index contributed by atoms with van der Waals surface area (Å²) in [7, 11) is 0. The molecule has 0 radical (unpaired) electrons. The summed E-state index contributed by atoms with van der Waals surface area (Å²) in [6.07, 6.45) is 4.37. The van der Waals surface area contributed by atoms with Gasteiger partial charge in [0.25, 0.3) is 5.69 Å². The molecule has 2 aliphatic carbocycles. The molecule has 2 aliphatic heterocycles. The predicted octanol–water partition coefficient (Wildman–Crippen LogP) is 2.39. The van der Waals surface area contributed by atoms with E-state index in [4.69, 9.17) is 0 Å². The maximum absolute atomic E-state index is 13.3. The van der Waals surface area contributed by atoms with Crippen LogP contribution in [-0.2, 0) is 0 Å².